The highest BCUT2D eigenvalue weighted by atomic mass is 35.5. The first-order chi connectivity index (χ1) is 13.6. The quantitative estimate of drug-likeness (QED) is 0.508. The molecule has 1 aliphatic heterocycles. The van der Waals surface area contributed by atoms with Crippen LogP contribution in [0.15, 0.2) is 70.5 Å². The maximum absolute atomic E-state index is 13.2. The summed E-state index contributed by atoms with van der Waals surface area (Å²) in [6.45, 7) is 0.256. The number of alkyl halides is 1. The van der Waals surface area contributed by atoms with Crippen molar-refractivity contribution >= 4 is 35.7 Å². The first kappa shape index (κ1) is 18.4. The van der Waals surface area contributed by atoms with Crippen LogP contribution >= 0.6 is 23.8 Å². The molecule has 0 atom stereocenters. The monoisotopic (exact) mass is 413 g/mol. The number of benzene rings is 2. The smallest absolute Gasteiger partial charge is 0.292 e. The zero-order chi connectivity index (χ0) is 19.7. The molecule has 0 spiro atoms. The van der Waals surface area contributed by atoms with Gasteiger partial charge in [0.15, 0.2) is 5.54 Å². The van der Waals surface area contributed by atoms with Gasteiger partial charge in [-0.25, -0.2) is 14.9 Å². The Labute approximate surface area is 170 Å². The number of aliphatic imine (C=N–C) groups is 1. The van der Waals surface area contributed by atoms with Gasteiger partial charge in [0, 0.05) is 12.4 Å². The Bertz CT molecular complexity index is 1120. The predicted molar refractivity (Wildman–Crippen MR) is 109 cm³/mol. The SMILES string of the molecule is O=C1NC(n2[nH]c(=O)n(CCCl)c2=S)=NC1(c1ccccc1)c1ccccc1. The van der Waals surface area contributed by atoms with Crippen molar-refractivity contribution in [2.45, 2.75) is 12.1 Å². The van der Waals surface area contributed by atoms with Crippen molar-refractivity contribution in [3.05, 3.63) is 87.0 Å². The molecule has 3 aromatic rings. The number of hydrogen-bond donors (Lipinski definition) is 2. The molecule has 142 valence electrons. The summed E-state index contributed by atoms with van der Waals surface area (Å²) in [6.07, 6.45) is 0. The Morgan fingerprint density at radius 3 is 2.11 bits per heavy atom. The molecular weight excluding hydrogens is 398 g/mol. The lowest BCUT2D eigenvalue weighted by molar-refractivity contribution is -0.122. The second kappa shape index (κ2) is 7.21. The minimum absolute atomic E-state index is 0.160. The van der Waals surface area contributed by atoms with Crippen LogP contribution in [0, 0.1) is 4.77 Å². The number of H-pyrrole nitrogens is 1. The van der Waals surface area contributed by atoms with E-state index in [-0.39, 0.29) is 29.1 Å². The van der Waals surface area contributed by atoms with Gasteiger partial charge in [0.2, 0.25) is 10.7 Å². The fourth-order valence-electron chi connectivity index (χ4n) is 3.29. The number of aromatic nitrogens is 3. The van der Waals surface area contributed by atoms with Crippen LogP contribution in [0.1, 0.15) is 11.1 Å². The molecule has 4 rings (SSSR count). The van der Waals surface area contributed by atoms with E-state index in [2.05, 4.69) is 10.4 Å². The van der Waals surface area contributed by atoms with E-state index in [9.17, 15) is 9.59 Å². The number of nitrogens with one attached hydrogen (secondary N) is 2. The molecule has 0 bridgehead atoms. The highest BCUT2D eigenvalue weighted by Gasteiger charge is 2.47. The van der Waals surface area contributed by atoms with E-state index in [1.807, 2.05) is 60.7 Å². The highest BCUT2D eigenvalue weighted by molar-refractivity contribution is 7.71. The van der Waals surface area contributed by atoms with Crippen molar-refractivity contribution in [2.24, 2.45) is 4.99 Å². The molecule has 0 aliphatic carbocycles. The highest BCUT2D eigenvalue weighted by Crippen LogP contribution is 2.36. The average molecular weight is 414 g/mol. The van der Waals surface area contributed by atoms with Gasteiger partial charge in [-0.05, 0) is 23.3 Å². The second-order valence-corrected chi connectivity index (χ2v) is 6.95. The van der Waals surface area contributed by atoms with E-state index in [1.165, 1.54) is 9.25 Å². The van der Waals surface area contributed by atoms with Gasteiger partial charge in [-0.1, -0.05) is 60.7 Å². The van der Waals surface area contributed by atoms with Crippen LogP contribution in [0.3, 0.4) is 0 Å². The summed E-state index contributed by atoms with van der Waals surface area (Å²) in [5, 5.41) is 5.39. The molecule has 2 N–H and O–H groups in total. The molecule has 28 heavy (non-hydrogen) atoms. The van der Waals surface area contributed by atoms with E-state index in [1.54, 1.807) is 0 Å². The molecule has 2 aromatic carbocycles. The summed E-state index contributed by atoms with van der Waals surface area (Å²) in [4.78, 5) is 30.1. The Morgan fingerprint density at radius 2 is 1.57 bits per heavy atom. The summed E-state index contributed by atoms with van der Waals surface area (Å²) in [6, 6.07) is 18.5. The molecule has 1 amide bonds. The Balaban J connectivity index is 1.94. The van der Waals surface area contributed by atoms with Crippen molar-refractivity contribution in [2.75, 3.05) is 5.88 Å². The number of nitrogens with zero attached hydrogens (tertiary/aromatic N) is 3. The summed E-state index contributed by atoms with van der Waals surface area (Å²) in [5.41, 5.74) is -0.275. The van der Waals surface area contributed by atoms with Gasteiger partial charge < -0.3 is 0 Å². The summed E-state index contributed by atoms with van der Waals surface area (Å²) >= 11 is 11.1. The van der Waals surface area contributed by atoms with Gasteiger partial charge in [-0.2, -0.15) is 4.68 Å². The normalized spacial score (nSPS) is 15.3. The molecule has 0 unspecified atom stereocenters. The number of aromatic amines is 1. The zero-order valence-electron chi connectivity index (χ0n) is 14.6. The molecule has 0 fully saturated rings. The third-order valence-corrected chi connectivity index (χ3v) is 5.18. The molecule has 0 saturated carbocycles. The van der Waals surface area contributed by atoms with Crippen molar-refractivity contribution in [3.63, 3.8) is 0 Å². The number of halogens is 1. The van der Waals surface area contributed by atoms with Gasteiger partial charge in [0.1, 0.15) is 0 Å². The molecular formula is C19H16ClN5O2S. The third-order valence-electron chi connectivity index (χ3n) is 4.61. The second-order valence-electron chi connectivity index (χ2n) is 6.21. The third kappa shape index (κ3) is 2.81. The van der Waals surface area contributed by atoms with Gasteiger partial charge in [-0.3, -0.25) is 14.7 Å². The lowest BCUT2D eigenvalue weighted by atomic mass is 9.83. The van der Waals surface area contributed by atoms with Crippen LogP contribution in [0.25, 0.3) is 0 Å². The molecule has 0 radical (unpaired) electrons. The van der Waals surface area contributed by atoms with Gasteiger partial charge in [0.05, 0.1) is 0 Å². The molecule has 0 saturated heterocycles. The van der Waals surface area contributed by atoms with E-state index in [0.29, 0.717) is 11.1 Å². The van der Waals surface area contributed by atoms with Gasteiger partial charge in [0.25, 0.3) is 5.91 Å². The number of hydrogen-bond acceptors (Lipinski definition) is 4. The first-order valence-corrected chi connectivity index (χ1v) is 9.53. The van der Waals surface area contributed by atoms with Gasteiger partial charge in [-0.15, -0.1) is 11.6 Å². The average Bonchev–Trinajstić information content (AvgIpc) is 3.22. The minimum Gasteiger partial charge on any atom is -0.292 e. The Kier molecular flexibility index (Phi) is 4.74. The van der Waals surface area contributed by atoms with Crippen LogP contribution in [0.5, 0.6) is 0 Å². The van der Waals surface area contributed by atoms with Crippen LogP contribution in [0.4, 0.5) is 0 Å². The topological polar surface area (TPSA) is 84.2 Å². The number of rotatable bonds is 4. The maximum atomic E-state index is 13.2. The molecule has 1 aliphatic rings. The van der Waals surface area contributed by atoms with E-state index >= 15 is 0 Å². The summed E-state index contributed by atoms with van der Waals surface area (Å²) in [7, 11) is 0. The van der Waals surface area contributed by atoms with Crippen LogP contribution < -0.4 is 11.0 Å². The van der Waals surface area contributed by atoms with Crippen molar-refractivity contribution in [3.8, 4) is 0 Å². The Hall–Kier alpha value is -2.97. The lowest BCUT2D eigenvalue weighted by Gasteiger charge is -2.24. The fourth-order valence-corrected chi connectivity index (χ4v) is 3.76. The van der Waals surface area contributed by atoms with Gasteiger partial charge >= 0.3 is 5.69 Å². The molecule has 9 heteroatoms. The molecule has 1 aromatic heterocycles. The van der Waals surface area contributed by atoms with Crippen LogP contribution in [-0.4, -0.2) is 32.1 Å². The van der Waals surface area contributed by atoms with Crippen LogP contribution in [0.2, 0.25) is 0 Å². The summed E-state index contributed by atoms with van der Waals surface area (Å²) in [5.74, 6) is 0.0685. The van der Waals surface area contributed by atoms with Crippen molar-refractivity contribution < 1.29 is 4.79 Å². The van der Waals surface area contributed by atoms with Crippen molar-refractivity contribution in [1.29, 1.82) is 0 Å². The van der Waals surface area contributed by atoms with E-state index in [4.69, 9.17) is 28.8 Å². The minimum atomic E-state index is -1.28. The Morgan fingerprint density at radius 1 is 1.00 bits per heavy atom. The zero-order valence-corrected chi connectivity index (χ0v) is 16.2. The number of carbonyl (C=O) groups is 1. The summed E-state index contributed by atoms with van der Waals surface area (Å²) < 4.78 is 2.80. The largest absolute Gasteiger partial charge is 0.343 e. The van der Waals surface area contributed by atoms with Crippen molar-refractivity contribution in [1.82, 2.24) is 19.7 Å². The lowest BCUT2D eigenvalue weighted by Crippen LogP contribution is -2.39. The number of carbonyl (C=O) groups excluding carboxylic acids is 1. The van der Waals surface area contributed by atoms with E-state index < -0.39 is 11.2 Å². The molecule has 2 heterocycles. The fraction of sp³-hybridized carbons (Fsp3) is 0.158. The van der Waals surface area contributed by atoms with Crippen LogP contribution in [-0.2, 0) is 16.9 Å². The predicted octanol–water partition coefficient (Wildman–Crippen LogP) is 2.22. The molecule has 7 nitrogen and oxygen atoms in total. The van der Waals surface area contributed by atoms with E-state index in [0.717, 1.165) is 0 Å². The maximum Gasteiger partial charge on any atom is 0.343 e. The first-order valence-electron chi connectivity index (χ1n) is 8.58. The number of amides is 1. The standard InChI is InChI=1S/C19H16ClN5O2S/c20-11-12-24-17(27)23-25(18(24)28)16-21-15(26)19(22-16,13-7-3-1-4-8-13)14-9-5-2-6-10-14/h1-10H,11-12H2,(H,23,27)(H,21,22,26).